The number of nitrogens with zero attached hydrogens (tertiary/aromatic N) is 8. The van der Waals surface area contributed by atoms with Crippen molar-refractivity contribution in [3.63, 3.8) is 0 Å². The van der Waals surface area contributed by atoms with Crippen LogP contribution in [0.25, 0.3) is 32.9 Å². The summed E-state index contributed by atoms with van der Waals surface area (Å²) in [6.07, 6.45) is 10.4. The molecule has 2 fully saturated rings. The summed E-state index contributed by atoms with van der Waals surface area (Å²) in [5.74, 6) is -2.20. The normalized spacial score (nSPS) is 13.9. The maximum atomic E-state index is 15.8. The monoisotopic (exact) mass is 1030 g/mol. The maximum Gasteiger partial charge on any atom is 0.325 e. The van der Waals surface area contributed by atoms with E-state index in [2.05, 4.69) is 58.2 Å². The Morgan fingerprint density at radius 2 is 1.53 bits per heavy atom. The third-order valence-corrected chi connectivity index (χ3v) is 13.7. The van der Waals surface area contributed by atoms with Gasteiger partial charge in [-0.15, -0.1) is 0 Å². The van der Waals surface area contributed by atoms with Crippen LogP contribution in [-0.2, 0) is 35.3 Å². The van der Waals surface area contributed by atoms with Gasteiger partial charge >= 0.3 is 5.97 Å². The number of aromatic nitrogens is 6. The van der Waals surface area contributed by atoms with E-state index in [9.17, 15) is 33.6 Å². The van der Waals surface area contributed by atoms with Gasteiger partial charge in [0.25, 0.3) is 5.91 Å². The number of nitrogens with one attached hydrogen (secondary N) is 4. The number of methoxy groups -OCH3 is 1. The fourth-order valence-corrected chi connectivity index (χ4v) is 9.63. The molecule has 6 N–H and O–H groups in total. The highest BCUT2D eigenvalue weighted by molar-refractivity contribution is 6.01. The Morgan fingerprint density at radius 3 is 2.28 bits per heavy atom. The highest BCUT2D eigenvalue weighted by Gasteiger charge is 2.25. The van der Waals surface area contributed by atoms with Gasteiger partial charge in [-0.25, -0.2) is 19.0 Å². The molecule has 0 unspecified atom stereocenters. The summed E-state index contributed by atoms with van der Waals surface area (Å²) < 4.78 is 22.9. The molecule has 8 rings (SSSR count). The molecular formula is C53H62FN13O8. The molecule has 0 radical (unpaired) electrons. The van der Waals surface area contributed by atoms with E-state index in [1.165, 1.54) is 46.8 Å². The zero-order chi connectivity index (χ0) is 53.0. The predicted octanol–water partition coefficient (Wildman–Crippen LogP) is 5.03. The number of benzene rings is 3. The summed E-state index contributed by atoms with van der Waals surface area (Å²) in [6.45, 7) is 4.32. The fraction of sp³-hybridized carbons (Fsp3) is 0.415. The molecule has 2 aliphatic rings. The van der Waals surface area contributed by atoms with E-state index in [0.717, 1.165) is 56.7 Å². The first-order valence-electron chi connectivity index (χ1n) is 25.4. The Kier molecular flexibility index (Phi) is 17.4. The number of esters is 1. The lowest BCUT2D eigenvalue weighted by Crippen LogP contribution is -2.40. The van der Waals surface area contributed by atoms with Gasteiger partial charge < -0.3 is 41.5 Å². The highest BCUT2D eigenvalue weighted by Crippen LogP contribution is 2.35. The number of hydrogen-bond acceptors (Lipinski definition) is 14. The van der Waals surface area contributed by atoms with Crippen LogP contribution in [0, 0.1) is 12.7 Å². The molecule has 2 saturated heterocycles. The number of anilines is 3. The van der Waals surface area contributed by atoms with Crippen LogP contribution >= 0.6 is 0 Å². The van der Waals surface area contributed by atoms with Crippen LogP contribution in [0.3, 0.4) is 0 Å². The van der Waals surface area contributed by atoms with E-state index in [-0.39, 0.29) is 55.5 Å². The second-order valence-electron chi connectivity index (χ2n) is 18.8. The van der Waals surface area contributed by atoms with Gasteiger partial charge in [0.05, 0.1) is 42.8 Å². The van der Waals surface area contributed by atoms with Gasteiger partial charge in [-0.2, -0.15) is 10.2 Å². The number of piperidine rings is 2. The standard InChI is InChI=1S/C53H62FN13O8/c1-33-50-38(10-9-11-41(50)66(63-33)32-46(70)57-30-45(69)58-31-49(73)75-2)39-27-42-36(26-40(39)54)28-60-67(42)48(72)18-17-44(68)56-21-6-3-5-12-47(71)65-24-19-35(20-25-65)34-13-15-37(16-14-34)61-53-51(52(55)74)59-29-43(62-53)64-22-7-4-8-23-64/h9-11,13-16,26-29,35H,3-8,12,17-25,30-32H2,1-2H3,(H2,55,74)(H,56,68)(H,57,70)(H,58,69)(H,61,62). The molecule has 394 valence electrons. The smallest absolute Gasteiger partial charge is 0.325 e. The van der Waals surface area contributed by atoms with E-state index < -0.39 is 35.4 Å². The molecule has 2 aliphatic heterocycles. The van der Waals surface area contributed by atoms with Crippen LogP contribution < -0.4 is 31.9 Å². The number of ether oxygens (including phenoxy) is 1. The van der Waals surface area contributed by atoms with E-state index in [4.69, 9.17) is 10.7 Å². The van der Waals surface area contributed by atoms with Gasteiger partial charge in [0.2, 0.25) is 29.5 Å². The minimum atomic E-state index is -0.650. The van der Waals surface area contributed by atoms with Crippen molar-refractivity contribution < 1.29 is 42.7 Å². The van der Waals surface area contributed by atoms with Crippen molar-refractivity contribution in [1.29, 1.82) is 0 Å². The molecule has 3 aromatic heterocycles. The summed E-state index contributed by atoms with van der Waals surface area (Å²) in [5, 5.41) is 20.6. The molecule has 5 heterocycles. The average molecular weight is 1030 g/mol. The first kappa shape index (κ1) is 53.0. The molecular weight excluding hydrogens is 966 g/mol. The van der Waals surface area contributed by atoms with E-state index in [0.29, 0.717) is 83.7 Å². The molecule has 3 aromatic carbocycles. The number of unbranched alkanes of at least 4 members (excludes halogenated alkanes) is 2. The maximum absolute atomic E-state index is 15.8. The first-order valence-corrected chi connectivity index (χ1v) is 25.4. The van der Waals surface area contributed by atoms with Crippen LogP contribution in [-0.4, -0.2) is 129 Å². The number of rotatable bonds is 21. The molecule has 0 atom stereocenters. The number of amides is 5. The van der Waals surface area contributed by atoms with Crippen molar-refractivity contribution in [3.05, 3.63) is 89.8 Å². The van der Waals surface area contributed by atoms with Crippen molar-refractivity contribution in [3.8, 4) is 11.1 Å². The highest BCUT2D eigenvalue weighted by atomic mass is 19.1. The average Bonchev–Trinajstić information content (AvgIpc) is 3.99. The fourth-order valence-electron chi connectivity index (χ4n) is 9.63. The molecule has 5 amide bonds. The zero-order valence-electron chi connectivity index (χ0n) is 42.2. The Labute approximate surface area is 432 Å². The van der Waals surface area contributed by atoms with Crippen LogP contribution in [0.1, 0.15) is 103 Å². The number of hydrogen-bond donors (Lipinski definition) is 5. The zero-order valence-corrected chi connectivity index (χ0v) is 42.2. The number of aryl methyl sites for hydroxylation is 1. The number of carbonyl (C=O) groups excluding carboxylic acids is 7. The number of likely N-dealkylation sites (tertiary alicyclic amines) is 1. The minimum Gasteiger partial charge on any atom is -0.468 e. The summed E-state index contributed by atoms with van der Waals surface area (Å²) in [4.78, 5) is 101. The van der Waals surface area contributed by atoms with Crippen molar-refractivity contribution in [1.82, 2.24) is 50.4 Å². The van der Waals surface area contributed by atoms with Crippen molar-refractivity contribution in [2.75, 3.05) is 63.1 Å². The van der Waals surface area contributed by atoms with Crippen molar-refractivity contribution in [2.45, 2.75) is 90.0 Å². The summed E-state index contributed by atoms with van der Waals surface area (Å²) in [5.41, 5.74) is 9.72. The quantitative estimate of drug-likeness (QED) is 0.0468. The third kappa shape index (κ3) is 13.3. The summed E-state index contributed by atoms with van der Waals surface area (Å²) in [7, 11) is 1.19. The first-order chi connectivity index (χ1) is 36.3. The third-order valence-electron chi connectivity index (χ3n) is 13.7. The largest absolute Gasteiger partial charge is 0.468 e. The van der Waals surface area contributed by atoms with Gasteiger partial charge in [0.15, 0.2) is 11.5 Å². The second kappa shape index (κ2) is 24.6. The lowest BCUT2D eigenvalue weighted by molar-refractivity contribution is -0.141. The minimum absolute atomic E-state index is 0.0759. The van der Waals surface area contributed by atoms with Crippen LogP contribution in [0.15, 0.2) is 67.0 Å². The summed E-state index contributed by atoms with van der Waals surface area (Å²) >= 11 is 0. The molecule has 0 saturated carbocycles. The van der Waals surface area contributed by atoms with Crippen LogP contribution in [0.4, 0.5) is 21.7 Å². The molecule has 21 nitrogen and oxygen atoms in total. The molecule has 0 spiro atoms. The predicted molar refractivity (Wildman–Crippen MR) is 277 cm³/mol. The Balaban J connectivity index is 0.748. The van der Waals surface area contributed by atoms with Gasteiger partial charge in [-0.3, -0.25) is 38.2 Å². The number of primary amides is 1. The van der Waals surface area contributed by atoms with Crippen LogP contribution in [0.5, 0.6) is 0 Å². The number of halogens is 1. The second-order valence-corrected chi connectivity index (χ2v) is 18.8. The molecule has 75 heavy (non-hydrogen) atoms. The Hall–Kier alpha value is -8.30. The number of nitrogens with two attached hydrogens (primary N) is 1. The summed E-state index contributed by atoms with van der Waals surface area (Å²) in [6, 6.07) is 16.0. The SMILES string of the molecule is COC(=O)CNC(=O)CNC(=O)Cn1nc(C)c2c(-c3cc4c(cnn4C(=O)CCC(=O)NCCCCCC(=O)N4CCC(c5ccc(Nc6nc(N7CCCCC7)cnc6C(N)=O)cc5)CC4)cc3F)cccc21. The lowest BCUT2D eigenvalue weighted by Gasteiger charge is -2.32. The van der Waals surface area contributed by atoms with Gasteiger partial charge in [-0.1, -0.05) is 30.7 Å². The molecule has 6 aromatic rings. The molecule has 0 bridgehead atoms. The topological polar surface area (TPSA) is 271 Å². The van der Waals surface area contributed by atoms with E-state index >= 15 is 4.39 Å². The van der Waals surface area contributed by atoms with Crippen molar-refractivity contribution in [2.24, 2.45) is 5.73 Å². The number of fused-ring (bicyclic) bond motifs is 2. The Bertz CT molecular complexity index is 3090. The van der Waals surface area contributed by atoms with Gasteiger partial charge in [0.1, 0.15) is 24.7 Å². The van der Waals surface area contributed by atoms with E-state index in [1.807, 2.05) is 17.0 Å². The van der Waals surface area contributed by atoms with Crippen LogP contribution in [0.2, 0.25) is 0 Å². The van der Waals surface area contributed by atoms with Gasteiger partial charge in [-0.05, 0) is 99.2 Å². The van der Waals surface area contributed by atoms with Gasteiger partial charge in [0, 0.05) is 74.0 Å². The van der Waals surface area contributed by atoms with Crippen molar-refractivity contribution >= 4 is 80.5 Å². The molecule has 0 aliphatic carbocycles. The lowest BCUT2D eigenvalue weighted by atomic mass is 9.89. The Morgan fingerprint density at radius 1 is 0.773 bits per heavy atom. The van der Waals surface area contributed by atoms with E-state index in [1.54, 1.807) is 31.3 Å². The molecule has 22 heteroatoms. The number of carbonyl (C=O) groups is 7.